The van der Waals surface area contributed by atoms with E-state index in [1.54, 1.807) is 11.0 Å². The van der Waals surface area contributed by atoms with Crippen molar-refractivity contribution in [3.8, 4) is 0 Å². The number of piperidine rings is 1. The molecule has 1 saturated heterocycles. The van der Waals surface area contributed by atoms with Gasteiger partial charge < -0.3 is 0 Å². The standard InChI is InChI=1S/C19H22N4O2S/c1-15(24)23(17-8-4-2-5-9-17)19-20-16(14-26-19)10-11-18(25)21-22-12-6-3-7-13-22/h2,4-5,8-11,14H,3,6-7,12-13H2,1H3,(H,21,25)/b11-10+. The van der Waals surface area contributed by atoms with Crippen molar-refractivity contribution in [2.45, 2.75) is 26.2 Å². The van der Waals surface area contributed by atoms with Gasteiger partial charge in [-0.05, 0) is 31.1 Å². The van der Waals surface area contributed by atoms with Gasteiger partial charge in [-0.2, -0.15) is 0 Å². The topological polar surface area (TPSA) is 65.5 Å². The van der Waals surface area contributed by atoms with Crippen molar-refractivity contribution >= 4 is 40.0 Å². The summed E-state index contributed by atoms with van der Waals surface area (Å²) >= 11 is 1.37. The molecule has 0 spiro atoms. The molecule has 2 aromatic rings. The maximum Gasteiger partial charge on any atom is 0.258 e. The third-order valence-corrected chi connectivity index (χ3v) is 4.90. The number of hydrogen-bond acceptors (Lipinski definition) is 5. The van der Waals surface area contributed by atoms with Crippen LogP contribution in [0.25, 0.3) is 6.08 Å². The average molecular weight is 370 g/mol. The van der Waals surface area contributed by atoms with Crippen LogP contribution in [0, 0.1) is 0 Å². The van der Waals surface area contributed by atoms with E-state index in [1.165, 1.54) is 30.8 Å². The van der Waals surface area contributed by atoms with Gasteiger partial charge in [-0.3, -0.25) is 19.9 Å². The molecule has 1 aromatic heterocycles. The maximum atomic E-state index is 12.0. The van der Waals surface area contributed by atoms with Gasteiger partial charge in [-0.25, -0.2) is 9.99 Å². The van der Waals surface area contributed by atoms with Crippen molar-refractivity contribution in [1.29, 1.82) is 0 Å². The van der Waals surface area contributed by atoms with E-state index in [9.17, 15) is 9.59 Å². The largest absolute Gasteiger partial charge is 0.285 e. The van der Waals surface area contributed by atoms with Gasteiger partial charge >= 0.3 is 0 Å². The summed E-state index contributed by atoms with van der Waals surface area (Å²) < 4.78 is 0. The van der Waals surface area contributed by atoms with Gasteiger partial charge in [0.25, 0.3) is 5.91 Å². The molecule has 1 fully saturated rings. The van der Waals surface area contributed by atoms with Gasteiger partial charge in [0.1, 0.15) is 0 Å². The fourth-order valence-electron chi connectivity index (χ4n) is 2.82. The van der Waals surface area contributed by atoms with Gasteiger partial charge in [0.2, 0.25) is 5.91 Å². The van der Waals surface area contributed by atoms with E-state index in [4.69, 9.17) is 0 Å². The fourth-order valence-corrected chi connectivity index (χ4v) is 3.67. The van der Waals surface area contributed by atoms with Crippen molar-refractivity contribution in [2.75, 3.05) is 18.0 Å². The molecular weight excluding hydrogens is 348 g/mol. The second kappa shape index (κ2) is 8.73. The van der Waals surface area contributed by atoms with E-state index in [2.05, 4.69) is 10.4 Å². The molecule has 6 nitrogen and oxygen atoms in total. The van der Waals surface area contributed by atoms with Crippen LogP contribution < -0.4 is 10.3 Å². The predicted octanol–water partition coefficient (Wildman–Crippen LogP) is 3.36. The minimum atomic E-state index is -0.159. The Kier molecular flexibility index (Phi) is 6.14. The number of rotatable bonds is 5. The Hall–Kier alpha value is -2.51. The van der Waals surface area contributed by atoms with E-state index in [-0.39, 0.29) is 11.8 Å². The van der Waals surface area contributed by atoms with Crippen LogP contribution in [0.2, 0.25) is 0 Å². The number of nitrogens with one attached hydrogen (secondary N) is 1. The Labute approximate surface area is 157 Å². The van der Waals surface area contributed by atoms with Crippen LogP contribution in [-0.4, -0.2) is 34.9 Å². The lowest BCUT2D eigenvalue weighted by Crippen LogP contribution is -2.44. The first-order chi connectivity index (χ1) is 12.6. The zero-order valence-electron chi connectivity index (χ0n) is 14.7. The van der Waals surface area contributed by atoms with Crippen molar-refractivity contribution < 1.29 is 9.59 Å². The predicted molar refractivity (Wildman–Crippen MR) is 104 cm³/mol. The van der Waals surface area contributed by atoms with E-state index >= 15 is 0 Å². The summed E-state index contributed by atoms with van der Waals surface area (Å²) in [5.74, 6) is -0.267. The first kappa shape index (κ1) is 18.3. The van der Waals surface area contributed by atoms with E-state index in [1.807, 2.05) is 40.7 Å². The minimum Gasteiger partial charge on any atom is -0.285 e. The first-order valence-electron chi connectivity index (χ1n) is 8.68. The number of thiazole rings is 1. The van der Waals surface area contributed by atoms with Crippen LogP contribution in [0.4, 0.5) is 10.8 Å². The highest BCUT2D eigenvalue weighted by atomic mass is 32.1. The van der Waals surface area contributed by atoms with E-state index in [0.29, 0.717) is 10.8 Å². The highest BCUT2D eigenvalue weighted by Crippen LogP contribution is 2.28. The number of amides is 2. The molecule has 1 aromatic carbocycles. The lowest BCUT2D eigenvalue weighted by molar-refractivity contribution is -0.121. The molecule has 1 aliphatic rings. The smallest absolute Gasteiger partial charge is 0.258 e. The van der Waals surface area contributed by atoms with Crippen molar-refractivity contribution in [1.82, 2.24) is 15.4 Å². The average Bonchev–Trinajstić information content (AvgIpc) is 3.10. The lowest BCUT2D eigenvalue weighted by Gasteiger charge is -2.26. The summed E-state index contributed by atoms with van der Waals surface area (Å²) in [5, 5.41) is 4.37. The molecule has 0 aliphatic carbocycles. The van der Waals surface area contributed by atoms with Crippen LogP contribution in [-0.2, 0) is 9.59 Å². The summed E-state index contributed by atoms with van der Waals surface area (Å²) in [7, 11) is 0. The van der Waals surface area contributed by atoms with Gasteiger partial charge in [-0.15, -0.1) is 11.3 Å². The molecule has 26 heavy (non-hydrogen) atoms. The Bertz CT molecular complexity index is 782. The lowest BCUT2D eigenvalue weighted by atomic mass is 10.2. The van der Waals surface area contributed by atoms with Crippen LogP contribution in [0.5, 0.6) is 0 Å². The van der Waals surface area contributed by atoms with Crippen molar-refractivity contribution in [2.24, 2.45) is 0 Å². The minimum absolute atomic E-state index is 0.107. The molecule has 136 valence electrons. The number of aromatic nitrogens is 1. The molecule has 0 saturated carbocycles. The van der Waals surface area contributed by atoms with E-state index < -0.39 is 0 Å². The number of hydrogen-bond donors (Lipinski definition) is 1. The number of nitrogens with zero attached hydrogens (tertiary/aromatic N) is 3. The SMILES string of the molecule is CC(=O)N(c1ccccc1)c1nc(/C=C/C(=O)NN2CCCCC2)cs1. The van der Waals surface area contributed by atoms with Crippen LogP contribution in [0.15, 0.2) is 41.8 Å². The van der Waals surface area contributed by atoms with Gasteiger partial charge in [0.15, 0.2) is 5.13 Å². The maximum absolute atomic E-state index is 12.0. The molecule has 1 N–H and O–H groups in total. The zero-order chi connectivity index (χ0) is 18.4. The highest BCUT2D eigenvalue weighted by molar-refractivity contribution is 7.14. The summed E-state index contributed by atoms with van der Waals surface area (Å²) in [5.41, 5.74) is 4.31. The monoisotopic (exact) mass is 370 g/mol. The third kappa shape index (κ3) is 4.77. The van der Waals surface area contributed by atoms with Crippen LogP contribution in [0.1, 0.15) is 31.9 Å². The van der Waals surface area contributed by atoms with Gasteiger partial charge in [0, 0.05) is 31.5 Å². The molecule has 7 heteroatoms. The van der Waals surface area contributed by atoms with Crippen LogP contribution >= 0.6 is 11.3 Å². The van der Waals surface area contributed by atoms with E-state index in [0.717, 1.165) is 31.6 Å². The van der Waals surface area contributed by atoms with Crippen molar-refractivity contribution in [3.63, 3.8) is 0 Å². The second-order valence-electron chi connectivity index (χ2n) is 6.10. The molecule has 0 atom stereocenters. The highest BCUT2D eigenvalue weighted by Gasteiger charge is 2.17. The Morgan fingerprint density at radius 2 is 1.92 bits per heavy atom. The molecule has 0 unspecified atom stereocenters. The summed E-state index contributed by atoms with van der Waals surface area (Å²) in [6, 6.07) is 9.39. The Balaban J connectivity index is 1.66. The zero-order valence-corrected chi connectivity index (χ0v) is 15.5. The molecular formula is C19H22N4O2S. The number of anilines is 2. The molecule has 1 aliphatic heterocycles. The molecule has 3 rings (SSSR count). The molecule has 2 amide bonds. The van der Waals surface area contributed by atoms with Crippen molar-refractivity contribution in [3.05, 3.63) is 47.5 Å². The first-order valence-corrected chi connectivity index (χ1v) is 9.56. The Morgan fingerprint density at radius 1 is 1.19 bits per heavy atom. The number of carbonyl (C=O) groups is 2. The van der Waals surface area contributed by atoms with Crippen LogP contribution in [0.3, 0.4) is 0 Å². The Morgan fingerprint density at radius 3 is 2.62 bits per heavy atom. The number of carbonyl (C=O) groups excluding carboxylic acids is 2. The quantitative estimate of drug-likeness (QED) is 0.820. The normalized spacial score (nSPS) is 15.1. The number of hydrazine groups is 1. The summed E-state index contributed by atoms with van der Waals surface area (Å²) in [6.07, 6.45) is 6.59. The molecule has 2 heterocycles. The van der Waals surface area contributed by atoms with Gasteiger partial charge in [0.05, 0.1) is 11.4 Å². The number of para-hydroxylation sites is 1. The fraction of sp³-hybridized carbons (Fsp3) is 0.316. The third-order valence-electron chi connectivity index (χ3n) is 4.06. The molecule has 0 bridgehead atoms. The van der Waals surface area contributed by atoms with Gasteiger partial charge in [-0.1, -0.05) is 24.6 Å². The number of benzene rings is 1. The summed E-state index contributed by atoms with van der Waals surface area (Å²) in [4.78, 5) is 30.1. The second-order valence-corrected chi connectivity index (χ2v) is 6.94. The summed E-state index contributed by atoms with van der Waals surface area (Å²) in [6.45, 7) is 3.30. The molecule has 0 radical (unpaired) electrons.